The lowest BCUT2D eigenvalue weighted by atomic mass is 10.0. The number of hydrogen-bond acceptors (Lipinski definition) is 3. The maximum absolute atomic E-state index is 12.0. The van der Waals surface area contributed by atoms with E-state index in [1.54, 1.807) is 0 Å². The number of thioether (sulfide) groups is 1. The molecule has 3 aliphatic rings. The zero-order valence-electron chi connectivity index (χ0n) is 11.1. The van der Waals surface area contributed by atoms with E-state index in [-0.39, 0.29) is 0 Å². The van der Waals surface area contributed by atoms with Crippen LogP contribution in [0.5, 0.6) is 0 Å². The van der Waals surface area contributed by atoms with Gasteiger partial charge in [0, 0.05) is 36.8 Å². The van der Waals surface area contributed by atoms with Crippen molar-refractivity contribution in [3.63, 3.8) is 0 Å². The first-order chi connectivity index (χ1) is 8.83. The van der Waals surface area contributed by atoms with Crippen molar-refractivity contribution in [3.8, 4) is 0 Å². The van der Waals surface area contributed by atoms with E-state index >= 15 is 0 Å². The van der Waals surface area contributed by atoms with Crippen molar-refractivity contribution in [1.29, 1.82) is 0 Å². The molecule has 1 amide bonds. The normalized spacial score (nSPS) is 30.4. The molecule has 18 heavy (non-hydrogen) atoms. The fourth-order valence-corrected chi connectivity index (χ4v) is 4.15. The molecule has 0 aromatic heterocycles. The van der Waals surface area contributed by atoms with Gasteiger partial charge >= 0.3 is 0 Å². The van der Waals surface area contributed by atoms with Gasteiger partial charge in [-0.25, -0.2) is 0 Å². The van der Waals surface area contributed by atoms with E-state index in [4.69, 9.17) is 0 Å². The summed E-state index contributed by atoms with van der Waals surface area (Å²) < 4.78 is 0. The molecule has 3 rings (SSSR count). The minimum absolute atomic E-state index is 0.393. The molecule has 0 bridgehead atoms. The van der Waals surface area contributed by atoms with E-state index < -0.39 is 0 Å². The number of nitrogens with one attached hydrogen (secondary N) is 1. The summed E-state index contributed by atoms with van der Waals surface area (Å²) in [5.41, 5.74) is 0. The lowest BCUT2D eigenvalue weighted by molar-refractivity contribution is -0.133. The van der Waals surface area contributed by atoms with Crippen LogP contribution in [0.15, 0.2) is 0 Å². The summed E-state index contributed by atoms with van der Waals surface area (Å²) >= 11 is 2.08. The molecule has 102 valence electrons. The Balaban J connectivity index is 1.40. The van der Waals surface area contributed by atoms with E-state index in [1.165, 1.54) is 24.3 Å². The van der Waals surface area contributed by atoms with Gasteiger partial charge in [-0.1, -0.05) is 0 Å². The quantitative estimate of drug-likeness (QED) is 0.848. The molecule has 0 aromatic carbocycles. The Labute approximate surface area is 114 Å². The number of likely N-dealkylation sites (tertiary alicyclic amines) is 1. The maximum Gasteiger partial charge on any atom is 0.225 e. The summed E-state index contributed by atoms with van der Waals surface area (Å²) in [6.45, 7) is 1.96. The number of carbonyl (C=O) groups excluding carboxylic acids is 1. The van der Waals surface area contributed by atoms with Crippen molar-refractivity contribution in [2.24, 2.45) is 5.92 Å². The summed E-state index contributed by atoms with van der Waals surface area (Å²) in [5, 5.41) is 3.80. The molecular formula is C14H24N2OS. The molecule has 2 aliphatic heterocycles. The Morgan fingerprint density at radius 3 is 2.44 bits per heavy atom. The van der Waals surface area contributed by atoms with Crippen LogP contribution in [0.3, 0.4) is 0 Å². The Hall–Kier alpha value is -0.220. The van der Waals surface area contributed by atoms with Gasteiger partial charge in [0.05, 0.1) is 0 Å². The number of hydrogen-bond donors (Lipinski definition) is 1. The summed E-state index contributed by atoms with van der Waals surface area (Å²) in [5.74, 6) is 3.44. The molecule has 3 nitrogen and oxygen atoms in total. The third-order valence-corrected chi connectivity index (χ3v) is 5.58. The Kier molecular flexibility index (Phi) is 4.14. The zero-order chi connectivity index (χ0) is 12.4. The first-order valence-electron chi connectivity index (χ1n) is 7.45. The predicted molar refractivity (Wildman–Crippen MR) is 75.8 cm³/mol. The molecule has 2 heterocycles. The smallest absolute Gasteiger partial charge is 0.225 e. The van der Waals surface area contributed by atoms with Crippen molar-refractivity contribution < 1.29 is 4.79 Å². The van der Waals surface area contributed by atoms with Gasteiger partial charge in [0.25, 0.3) is 0 Å². The van der Waals surface area contributed by atoms with Crippen LogP contribution in [0.1, 0.15) is 38.5 Å². The van der Waals surface area contributed by atoms with E-state index in [0.29, 0.717) is 17.9 Å². The maximum atomic E-state index is 12.0. The van der Waals surface area contributed by atoms with E-state index in [1.807, 2.05) is 0 Å². The fraction of sp³-hybridized carbons (Fsp3) is 0.929. The highest BCUT2D eigenvalue weighted by Crippen LogP contribution is 2.32. The molecule has 0 aromatic rings. The van der Waals surface area contributed by atoms with Crippen LogP contribution in [-0.4, -0.2) is 47.5 Å². The first-order valence-corrected chi connectivity index (χ1v) is 8.61. The molecule has 1 saturated carbocycles. The number of amides is 1. The Morgan fingerprint density at radius 1 is 1.06 bits per heavy atom. The molecule has 0 spiro atoms. The molecule has 0 radical (unpaired) electrons. The lowest BCUT2D eigenvalue weighted by Gasteiger charge is -2.35. The van der Waals surface area contributed by atoms with Gasteiger partial charge in [-0.05, 0) is 44.3 Å². The van der Waals surface area contributed by atoms with Gasteiger partial charge in [0.15, 0.2) is 0 Å². The molecule has 1 aliphatic carbocycles. The largest absolute Gasteiger partial charge is 0.342 e. The lowest BCUT2D eigenvalue weighted by Crippen LogP contribution is -2.49. The van der Waals surface area contributed by atoms with Crippen molar-refractivity contribution in [2.45, 2.75) is 50.6 Å². The van der Waals surface area contributed by atoms with E-state index in [0.717, 1.165) is 44.8 Å². The minimum atomic E-state index is 0.393. The second kappa shape index (κ2) is 5.83. The third-order valence-electron chi connectivity index (χ3n) is 4.36. The summed E-state index contributed by atoms with van der Waals surface area (Å²) in [6, 6.07) is 1.37. The highest BCUT2D eigenvalue weighted by atomic mass is 32.2. The van der Waals surface area contributed by atoms with Crippen LogP contribution >= 0.6 is 11.8 Å². The molecule has 1 N–H and O–H groups in total. The van der Waals surface area contributed by atoms with Crippen LogP contribution in [-0.2, 0) is 4.79 Å². The van der Waals surface area contributed by atoms with Gasteiger partial charge in [-0.3, -0.25) is 4.79 Å². The molecule has 1 atom stereocenters. The van der Waals surface area contributed by atoms with Crippen molar-refractivity contribution in [1.82, 2.24) is 10.2 Å². The minimum Gasteiger partial charge on any atom is -0.342 e. The molecule has 2 saturated heterocycles. The van der Waals surface area contributed by atoms with Crippen LogP contribution in [0.4, 0.5) is 0 Å². The predicted octanol–water partition coefficient (Wildman–Crippen LogP) is 1.87. The van der Waals surface area contributed by atoms with Gasteiger partial charge in [-0.2, -0.15) is 11.8 Å². The second-order valence-corrected chi connectivity index (χ2v) is 7.10. The fourth-order valence-electron chi connectivity index (χ4n) is 3.06. The number of rotatable bonds is 3. The summed E-state index contributed by atoms with van der Waals surface area (Å²) in [6.07, 6.45) is 7.28. The van der Waals surface area contributed by atoms with Gasteiger partial charge in [0.2, 0.25) is 5.91 Å². The van der Waals surface area contributed by atoms with Crippen LogP contribution < -0.4 is 5.32 Å². The highest BCUT2D eigenvalue weighted by molar-refractivity contribution is 7.99. The molecule has 1 unspecified atom stereocenters. The number of carbonyl (C=O) groups is 1. The molecular weight excluding hydrogens is 244 g/mol. The van der Waals surface area contributed by atoms with Gasteiger partial charge in [-0.15, -0.1) is 0 Å². The summed E-state index contributed by atoms with van der Waals surface area (Å²) in [7, 11) is 0. The van der Waals surface area contributed by atoms with Gasteiger partial charge in [0.1, 0.15) is 0 Å². The number of piperidine rings is 1. The van der Waals surface area contributed by atoms with Crippen molar-refractivity contribution in [2.75, 3.05) is 24.6 Å². The van der Waals surface area contributed by atoms with Gasteiger partial charge < -0.3 is 10.2 Å². The van der Waals surface area contributed by atoms with Crippen LogP contribution in [0, 0.1) is 5.92 Å². The SMILES string of the molecule is O=C(C1CC1)N1CCC(NC2CCCSC2)CC1. The van der Waals surface area contributed by atoms with E-state index in [9.17, 15) is 4.79 Å². The van der Waals surface area contributed by atoms with Crippen LogP contribution in [0.25, 0.3) is 0 Å². The first kappa shape index (κ1) is 12.8. The third kappa shape index (κ3) is 3.21. The number of nitrogens with zero attached hydrogens (tertiary/aromatic N) is 1. The second-order valence-electron chi connectivity index (χ2n) is 5.95. The molecule has 3 fully saturated rings. The Morgan fingerprint density at radius 2 is 1.83 bits per heavy atom. The van der Waals surface area contributed by atoms with E-state index in [2.05, 4.69) is 22.0 Å². The monoisotopic (exact) mass is 268 g/mol. The average Bonchev–Trinajstić information content (AvgIpc) is 3.24. The van der Waals surface area contributed by atoms with Crippen LogP contribution in [0.2, 0.25) is 0 Å². The Bertz CT molecular complexity index is 292. The zero-order valence-corrected chi connectivity index (χ0v) is 11.9. The highest BCUT2D eigenvalue weighted by Gasteiger charge is 2.35. The average molecular weight is 268 g/mol. The van der Waals surface area contributed by atoms with Crippen molar-refractivity contribution in [3.05, 3.63) is 0 Å². The van der Waals surface area contributed by atoms with Crippen molar-refractivity contribution >= 4 is 17.7 Å². The molecule has 4 heteroatoms. The summed E-state index contributed by atoms with van der Waals surface area (Å²) in [4.78, 5) is 14.1. The topological polar surface area (TPSA) is 32.3 Å². The standard InChI is InChI=1S/C14H24N2OS/c17-14(11-3-4-11)16-7-5-12(6-8-16)15-13-2-1-9-18-10-13/h11-13,15H,1-10H2.